The lowest BCUT2D eigenvalue weighted by Gasteiger charge is -2.28. The minimum Gasteiger partial charge on any atom is -0.489 e. The molecule has 0 unspecified atom stereocenters. The van der Waals surface area contributed by atoms with Crippen LogP contribution >= 0.6 is 0 Å². The number of ether oxygens (including phenoxy) is 4. The van der Waals surface area contributed by atoms with Gasteiger partial charge in [-0.25, -0.2) is 19.5 Å². The van der Waals surface area contributed by atoms with Crippen LogP contribution in [0.15, 0.2) is 47.0 Å². The van der Waals surface area contributed by atoms with E-state index < -0.39 is 17.8 Å². The molecule has 0 aliphatic heterocycles. The molecule has 1 aromatic carbocycles. The molecular formula is C33H41N3O8. The Labute approximate surface area is 257 Å². The fraction of sp³-hybridized carbons (Fsp3) is 0.485. The van der Waals surface area contributed by atoms with E-state index in [1.165, 1.54) is 0 Å². The van der Waals surface area contributed by atoms with Gasteiger partial charge >= 0.3 is 18.2 Å². The number of amides is 2. The van der Waals surface area contributed by atoms with E-state index in [1.807, 2.05) is 37.3 Å². The van der Waals surface area contributed by atoms with Crippen LogP contribution in [0.3, 0.4) is 0 Å². The molecule has 0 radical (unpaired) electrons. The van der Waals surface area contributed by atoms with Crippen LogP contribution in [-0.4, -0.2) is 51.5 Å². The van der Waals surface area contributed by atoms with Gasteiger partial charge in [0.2, 0.25) is 0 Å². The van der Waals surface area contributed by atoms with Gasteiger partial charge in [0.25, 0.3) is 0 Å². The summed E-state index contributed by atoms with van der Waals surface area (Å²) >= 11 is 0. The molecule has 0 bridgehead atoms. The summed E-state index contributed by atoms with van der Waals surface area (Å²) in [7, 11) is 0. The Hall–Kier alpha value is -4.41. The standard InChI is InChI=1S/C33H41N3O8/c1-7-40-30(37)24-14-11-15-25(18-24)42-28-17-16-27(34-22(28)3)29-26(21(2)35-44-29)19-36(32(39)43-33(4,5)6)31(38)41-20-23-12-9-8-10-13-23/h8-10,12-13,16-17,24-25H,7,11,14-15,18-20H2,1-6H3/t24-,25-/m0/s1. The number of pyridine rings is 1. The zero-order chi connectivity index (χ0) is 31.9. The van der Waals surface area contributed by atoms with Crippen molar-refractivity contribution in [3.8, 4) is 17.2 Å². The molecule has 4 rings (SSSR count). The second-order valence-corrected chi connectivity index (χ2v) is 11.8. The lowest BCUT2D eigenvalue weighted by Crippen LogP contribution is -2.40. The van der Waals surface area contributed by atoms with Crippen LogP contribution in [0.4, 0.5) is 9.59 Å². The van der Waals surface area contributed by atoms with Crippen LogP contribution in [0, 0.1) is 19.8 Å². The maximum absolute atomic E-state index is 13.2. The zero-order valence-electron chi connectivity index (χ0n) is 26.3. The van der Waals surface area contributed by atoms with E-state index >= 15 is 0 Å². The fourth-order valence-electron chi connectivity index (χ4n) is 4.96. The Kier molecular flexibility index (Phi) is 10.6. The highest BCUT2D eigenvalue weighted by molar-refractivity contribution is 5.88. The number of aromatic nitrogens is 2. The van der Waals surface area contributed by atoms with Gasteiger partial charge in [0.05, 0.1) is 36.6 Å². The quantitative estimate of drug-likeness (QED) is 0.186. The molecule has 0 saturated heterocycles. The summed E-state index contributed by atoms with van der Waals surface area (Å²) in [6.07, 6.45) is 1.25. The van der Waals surface area contributed by atoms with Gasteiger partial charge in [-0.3, -0.25) is 4.79 Å². The first-order valence-electron chi connectivity index (χ1n) is 14.9. The van der Waals surface area contributed by atoms with Crippen molar-refractivity contribution in [2.24, 2.45) is 5.92 Å². The van der Waals surface area contributed by atoms with Crippen molar-refractivity contribution >= 4 is 18.2 Å². The van der Waals surface area contributed by atoms with Gasteiger partial charge in [-0.15, -0.1) is 0 Å². The summed E-state index contributed by atoms with van der Waals surface area (Å²) in [6, 6.07) is 12.7. The van der Waals surface area contributed by atoms with E-state index in [0.29, 0.717) is 47.2 Å². The molecule has 1 aliphatic carbocycles. The number of esters is 1. The van der Waals surface area contributed by atoms with E-state index in [1.54, 1.807) is 46.8 Å². The number of benzene rings is 1. The zero-order valence-corrected chi connectivity index (χ0v) is 26.3. The summed E-state index contributed by atoms with van der Waals surface area (Å²) in [6.45, 7) is 10.6. The summed E-state index contributed by atoms with van der Waals surface area (Å²) in [5.41, 5.74) is 1.98. The molecule has 1 aliphatic rings. The van der Waals surface area contributed by atoms with E-state index in [9.17, 15) is 14.4 Å². The van der Waals surface area contributed by atoms with Crippen molar-refractivity contribution in [3.05, 3.63) is 65.0 Å². The van der Waals surface area contributed by atoms with Gasteiger partial charge in [0.1, 0.15) is 23.7 Å². The lowest BCUT2D eigenvalue weighted by atomic mass is 9.87. The van der Waals surface area contributed by atoms with E-state index in [2.05, 4.69) is 5.16 Å². The molecule has 11 nitrogen and oxygen atoms in total. The third-order valence-corrected chi connectivity index (χ3v) is 7.15. The monoisotopic (exact) mass is 607 g/mol. The van der Waals surface area contributed by atoms with Gasteiger partial charge < -0.3 is 23.5 Å². The Morgan fingerprint density at radius 3 is 2.41 bits per heavy atom. The predicted octanol–water partition coefficient (Wildman–Crippen LogP) is 6.93. The molecule has 1 fully saturated rings. The molecule has 3 aromatic rings. The highest BCUT2D eigenvalue weighted by atomic mass is 16.6. The molecule has 0 spiro atoms. The SMILES string of the molecule is CCOC(=O)[C@H]1CCC[C@H](Oc2ccc(-c3onc(C)c3CN(C(=O)OCc3ccccc3)C(=O)OC(C)(C)C)nc2C)C1. The molecule has 2 aromatic heterocycles. The van der Waals surface area contributed by atoms with Crippen molar-refractivity contribution in [1.82, 2.24) is 15.0 Å². The highest BCUT2D eigenvalue weighted by Crippen LogP contribution is 2.32. The second kappa shape index (κ2) is 14.4. The van der Waals surface area contributed by atoms with Crippen LogP contribution in [0.1, 0.15) is 75.9 Å². The molecule has 236 valence electrons. The number of aryl methyl sites for hydroxylation is 2. The summed E-state index contributed by atoms with van der Waals surface area (Å²) in [5.74, 6) is 0.555. The second-order valence-electron chi connectivity index (χ2n) is 11.8. The number of hydrogen-bond acceptors (Lipinski definition) is 10. The first kappa shape index (κ1) is 32.5. The molecule has 2 heterocycles. The largest absolute Gasteiger partial charge is 0.489 e. The third kappa shape index (κ3) is 8.58. The van der Waals surface area contributed by atoms with E-state index in [4.69, 9.17) is 28.5 Å². The van der Waals surface area contributed by atoms with Gasteiger partial charge in [-0.1, -0.05) is 35.5 Å². The smallest absolute Gasteiger partial charge is 0.420 e. The van der Waals surface area contributed by atoms with Gasteiger partial charge in [-0.2, -0.15) is 0 Å². The number of carbonyl (C=O) groups excluding carboxylic acids is 3. The molecular weight excluding hydrogens is 566 g/mol. The summed E-state index contributed by atoms with van der Waals surface area (Å²) in [5, 5.41) is 4.10. The number of rotatable bonds is 9. The lowest BCUT2D eigenvalue weighted by molar-refractivity contribution is -0.150. The van der Waals surface area contributed by atoms with Gasteiger partial charge in [0, 0.05) is 5.56 Å². The minimum absolute atomic E-state index is 0.0157. The van der Waals surface area contributed by atoms with Crippen molar-refractivity contribution in [2.75, 3.05) is 6.61 Å². The normalized spacial score (nSPS) is 16.6. The number of carbonyl (C=O) groups is 3. The van der Waals surface area contributed by atoms with E-state index in [-0.39, 0.29) is 31.1 Å². The Morgan fingerprint density at radius 2 is 1.73 bits per heavy atom. The maximum Gasteiger partial charge on any atom is 0.420 e. The molecule has 2 amide bonds. The van der Waals surface area contributed by atoms with Crippen molar-refractivity contribution < 1.29 is 37.9 Å². The molecule has 0 N–H and O–H groups in total. The Balaban J connectivity index is 1.52. The van der Waals surface area contributed by atoms with Crippen molar-refractivity contribution in [3.63, 3.8) is 0 Å². The molecule has 11 heteroatoms. The minimum atomic E-state index is -0.865. The molecule has 1 saturated carbocycles. The summed E-state index contributed by atoms with van der Waals surface area (Å²) in [4.78, 5) is 44.2. The third-order valence-electron chi connectivity index (χ3n) is 7.15. The van der Waals surface area contributed by atoms with Crippen molar-refractivity contribution in [1.29, 1.82) is 0 Å². The number of imide groups is 1. The summed E-state index contributed by atoms with van der Waals surface area (Å²) < 4.78 is 28.1. The van der Waals surface area contributed by atoms with Gasteiger partial charge in [-0.05, 0) is 84.9 Å². The fourth-order valence-corrected chi connectivity index (χ4v) is 4.96. The average Bonchev–Trinajstić information content (AvgIpc) is 3.35. The Bertz CT molecular complexity index is 1450. The highest BCUT2D eigenvalue weighted by Gasteiger charge is 2.32. The molecule has 2 atom stereocenters. The first-order valence-corrected chi connectivity index (χ1v) is 14.9. The van der Waals surface area contributed by atoms with Gasteiger partial charge in [0.15, 0.2) is 5.76 Å². The van der Waals surface area contributed by atoms with Crippen LogP contribution in [0.25, 0.3) is 11.5 Å². The van der Waals surface area contributed by atoms with Crippen LogP contribution < -0.4 is 4.74 Å². The Morgan fingerprint density at radius 1 is 0.977 bits per heavy atom. The maximum atomic E-state index is 13.2. The van der Waals surface area contributed by atoms with Crippen LogP contribution in [0.2, 0.25) is 0 Å². The van der Waals surface area contributed by atoms with Crippen molar-refractivity contribution in [2.45, 2.75) is 92.1 Å². The first-order chi connectivity index (χ1) is 20.9. The van der Waals surface area contributed by atoms with Crippen LogP contribution in [-0.2, 0) is 32.2 Å². The number of hydrogen-bond donors (Lipinski definition) is 0. The van der Waals surface area contributed by atoms with E-state index in [0.717, 1.165) is 29.7 Å². The topological polar surface area (TPSA) is 130 Å². The number of nitrogens with zero attached hydrogens (tertiary/aromatic N) is 3. The van der Waals surface area contributed by atoms with Crippen LogP contribution in [0.5, 0.6) is 5.75 Å². The predicted molar refractivity (Wildman–Crippen MR) is 161 cm³/mol. The average molecular weight is 608 g/mol. The molecule has 44 heavy (non-hydrogen) atoms.